The minimum absolute atomic E-state index is 0.158. The summed E-state index contributed by atoms with van der Waals surface area (Å²) in [5.41, 5.74) is -0.186. The molecule has 0 aromatic carbocycles. The van der Waals surface area contributed by atoms with Gasteiger partial charge >= 0.3 is 0 Å². The zero-order valence-corrected chi connectivity index (χ0v) is 8.27. The van der Waals surface area contributed by atoms with Gasteiger partial charge in [-0.05, 0) is 12.1 Å². The van der Waals surface area contributed by atoms with Crippen molar-refractivity contribution in [3.63, 3.8) is 0 Å². The lowest BCUT2D eigenvalue weighted by Gasteiger charge is -2.01. The Morgan fingerprint density at radius 1 is 1.56 bits per heavy atom. The number of carbonyl (C=O) groups excluding carboxylic acids is 1. The molecule has 0 atom stereocenters. The van der Waals surface area contributed by atoms with E-state index >= 15 is 0 Å². The Morgan fingerprint density at radius 3 is 3.06 bits per heavy atom. The van der Waals surface area contributed by atoms with Crippen LogP contribution in [0.2, 0.25) is 0 Å². The lowest BCUT2D eigenvalue weighted by atomic mass is 10.4. The van der Waals surface area contributed by atoms with Crippen LogP contribution in [0.1, 0.15) is 16.2 Å². The summed E-state index contributed by atoms with van der Waals surface area (Å²) >= 11 is 0. The van der Waals surface area contributed by atoms with Gasteiger partial charge < -0.3 is 14.7 Å². The molecule has 2 rings (SSSR count). The molecule has 0 aliphatic carbocycles. The lowest BCUT2D eigenvalue weighted by molar-refractivity contribution is 0.0942. The first-order chi connectivity index (χ1) is 7.75. The van der Waals surface area contributed by atoms with Crippen molar-refractivity contribution in [2.45, 2.75) is 6.54 Å². The number of rotatable bonds is 3. The van der Waals surface area contributed by atoms with Crippen LogP contribution in [0.5, 0.6) is 0 Å². The second kappa shape index (κ2) is 4.43. The Balaban J connectivity index is 1.98. The van der Waals surface area contributed by atoms with Gasteiger partial charge in [0.15, 0.2) is 0 Å². The number of furan rings is 1. The third kappa shape index (κ3) is 2.35. The second-order valence-electron chi connectivity index (χ2n) is 3.06. The summed E-state index contributed by atoms with van der Waals surface area (Å²) in [6.07, 6.45) is 3.85. The highest BCUT2D eigenvalue weighted by molar-refractivity contribution is 5.91. The van der Waals surface area contributed by atoms with Crippen LogP contribution in [0.25, 0.3) is 0 Å². The second-order valence-corrected chi connectivity index (χ2v) is 3.06. The molecule has 16 heavy (non-hydrogen) atoms. The average molecular weight is 219 g/mol. The number of hydrogen-bond donors (Lipinski definition) is 2. The molecule has 0 unspecified atom stereocenters. The lowest BCUT2D eigenvalue weighted by Crippen LogP contribution is -2.24. The summed E-state index contributed by atoms with van der Waals surface area (Å²) in [5.74, 6) is 0.283. The van der Waals surface area contributed by atoms with E-state index in [4.69, 9.17) is 4.42 Å². The van der Waals surface area contributed by atoms with Gasteiger partial charge in [-0.2, -0.15) is 0 Å². The molecular weight excluding hydrogens is 210 g/mol. The van der Waals surface area contributed by atoms with E-state index in [1.165, 1.54) is 12.5 Å². The third-order valence-electron chi connectivity index (χ3n) is 1.91. The zero-order valence-electron chi connectivity index (χ0n) is 8.27. The first kappa shape index (κ1) is 10.2. The molecule has 0 aliphatic rings. The molecule has 2 aromatic heterocycles. The fourth-order valence-electron chi connectivity index (χ4n) is 1.14. The maximum absolute atomic E-state index is 11.5. The van der Waals surface area contributed by atoms with E-state index in [0.717, 1.165) is 6.20 Å². The highest BCUT2D eigenvalue weighted by Gasteiger charge is 2.07. The van der Waals surface area contributed by atoms with Crippen molar-refractivity contribution in [3.05, 3.63) is 52.6 Å². The Bertz CT molecular complexity index is 510. The molecule has 0 aliphatic heterocycles. The molecular formula is C10H9N3O3. The van der Waals surface area contributed by atoms with Crippen molar-refractivity contribution in [1.29, 1.82) is 0 Å². The first-order valence-electron chi connectivity index (χ1n) is 4.61. The van der Waals surface area contributed by atoms with E-state index in [1.54, 1.807) is 12.1 Å². The van der Waals surface area contributed by atoms with E-state index in [-0.39, 0.29) is 23.7 Å². The van der Waals surface area contributed by atoms with Crippen LogP contribution >= 0.6 is 0 Å². The van der Waals surface area contributed by atoms with Crippen LogP contribution < -0.4 is 10.9 Å². The van der Waals surface area contributed by atoms with Gasteiger partial charge in [-0.25, -0.2) is 4.98 Å². The molecule has 6 nitrogen and oxygen atoms in total. The van der Waals surface area contributed by atoms with Crippen LogP contribution in [0.15, 0.2) is 40.0 Å². The summed E-state index contributed by atoms with van der Waals surface area (Å²) in [6, 6.07) is 3.49. The number of hydrogen-bond acceptors (Lipinski definition) is 4. The molecule has 0 bridgehead atoms. The fourth-order valence-corrected chi connectivity index (χ4v) is 1.14. The Hall–Kier alpha value is -2.37. The van der Waals surface area contributed by atoms with Gasteiger partial charge in [0.2, 0.25) is 0 Å². The van der Waals surface area contributed by atoms with E-state index in [1.807, 2.05) is 0 Å². The molecule has 6 heteroatoms. The molecule has 82 valence electrons. The number of carbonyl (C=O) groups is 1. The van der Waals surface area contributed by atoms with Crippen molar-refractivity contribution in [2.24, 2.45) is 0 Å². The minimum Gasteiger partial charge on any atom is -0.467 e. The number of aromatic amines is 1. The minimum atomic E-state index is -0.368. The van der Waals surface area contributed by atoms with Crippen LogP contribution in [-0.4, -0.2) is 15.9 Å². The predicted octanol–water partition coefficient (Wildman–Crippen LogP) is 0.293. The predicted molar refractivity (Wildman–Crippen MR) is 54.7 cm³/mol. The largest absolute Gasteiger partial charge is 0.467 e. The highest BCUT2D eigenvalue weighted by Crippen LogP contribution is 1.99. The molecule has 1 amide bonds. The maximum atomic E-state index is 11.5. The van der Waals surface area contributed by atoms with Crippen molar-refractivity contribution in [1.82, 2.24) is 15.3 Å². The molecule has 0 fully saturated rings. The van der Waals surface area contributed by atoms with Gasteiger partial charge in [0, 0.05) is 6.20 Å². The summed E-state index contributed by atoms with van der Waals surface area (Å²) < 4.78 is 5.05. The van der Waals surface area contributed by atoms with Crippen molar-refractivity contribution in [2.75, 3.05) is 0 Å². The highest BCUT2D eigenvalue weighted by atomic mass is 16.3. The summed E-state index contributed by atoms with van der Waals surface area (Å²) in [7, 11) is 0. The summed E-state index contributed by atoms with van der Waals surface area (Å²) in [5, 5.41) is 2.60. The molecule has 0 saturated heterocycles. The first-order valence-corrected chi connectivity index (χ1v) is 4.61. The molecule has 0 radical (unpaired) electrons. The van der Waals surface area contributed by atoms with Crippen LogP contribution in [0.3, 0.4) is 0 Å². The number of H-pyrrole nitrogens is 1. The van der Waals surface area contributed by atoms with E-state index in [9.17, 15) is 9.59 Å². The molecule has 0 saturated carbocycles. The molecule has 2 aromatic rings. The van der Waals surface area contributed by atoms with E-state index in [0.29, 0.717) is 5.76 Å². The number of amides is 1. The average Bonchev–Trinajstić information content (AvgIpc) is 2.80. The quantitative estimate of drug-likeness (QED) is 0.776. The standard InChI is InChI=1S/C10H9N3O3/c14-9-6-11-8(5-12-9)10(15)13-4-7-2-1-3-16-7/h1-3,5-6H,4H2,(H,12,14)(H,13,15). The van der Waals surface area contributed by atoms with Crippen molar-refractivity contribution >= 4 is 5.91 Å². The maximum Gasteiger partial charge on any atom is 0.271 e. The monoisotopic (exact) mass is 219 g/mol. The number of aromatic nitrogens is 2. The third-order valence-corrected chi connectivity index (χ3v) is 1.91. The fraction of sp³-hybridized carbons (Fsp3) is 0.100. The molecule has 0 spiro atoms. The van der Waals surface area contributed by atoms with Gasteiger partial charge in [-0.15, -0.1) is 0 Å². The summed E-state index contributed by atoms with van der Waals surface area (Å²) in [6.45, 7) is 0.284. The topological polar surface area (TPSA) is 88.0 Å². The van der Waals surface area contributed by atoms with Crippen molar-refractivity contribution in [3.8, 4) is 0 Å². The van der Waals surface area contributed by atoms with Gasteiger partial charge in [-0.1, -0.05) is 0 Å². The molecule has 2 N–H and O–H groups in total. The van der Waals surface area contributed by atoms with E-state index in [2.05, 4.69) is 15.3 Å². The van der Waals surface area contributed by atoms with Crippen LogP contribution in [0, 0.1) is 0 Å². The smallest absolute Gasteiger partial charge is 0.271 e. The normalized spacial score (nSPS) is 10.0. The van der Waals surface area contributed by atoms with Crippen LogP contribution in [-0.2, 0) is 6.54 Å². The van der Waals surface area contributed by atoms with Gasteiger partial charge in [0.1, 0.15) is 11.5 Å². The number of nitrogens with one attached hydrogen (secondary N) is 2. The van der Waals surface area contributed by atoms with Gasteiger partial charge in [0.25, 0.3) is 11.5 Å². The Kier molecular flexibility index (Phi) is 2.81. The van der Waals surface area contributed by atoms with Crippen LogP contribution in [0.4, 0.5) is 0 Å². The van der Waals surface area contributed by atoms with Gasteiger partial charge in [-0.3, -0.25) is 9.59 Å². The zero-order chi connectivity index (χ0) is 11.4. The Labute approximate surface area is 90.3 Å². The van der Waals surface area contributed by atoms with Gasteiger partial charge in [0.05, 0.1) is 19.0 Å². The summed E-state index contributed by atoms with van der Waals surface area (Å²) in [4.78, 5) is 28.3. The van der Waals surface area contributed by atoms with Crippen molar-refractivity contribution < 1.29 is 9.21 Å². The molecule has 2 heterocycles. The Morgan fingerprint density at radius 2 is 2.44 bits per heavy atom. The number of nitrogens with zero attached hydrogens (tertiary/aromatic N) is 1. The van der Waals surface area contributed by atoms with E-state index < -0.39 is 0 Å². The SMILES string of the molecule is O=C(NCc1ccco1)c1c[nH]c(=O)cn1.